The van der Waals surface area contributed by atoms with Crippen molar-refractivity contribution in [2.45, 2.75) is 45.8 Å². The van der Waals surface area contributed by atoms with Crippen molar-refractivity contribution in [3.63, 3.8) is 0 Å². The van der Waals surface area contributed by atoms with Crippen molar-refractivity contribution >= 4 is 46.0 Å². The lowest BCUT2D eigenvalue weighted by Crippen LogP contribution is -2.33. The minimum absolute atomic E-state index is 0.125. The minimum Gasteiger partial charge on any atom is -0.467 e. The van der Waals surface area contributed by atoms with Gasteiger partial charge in [0.2, 0.25) is 0 Å². The lowest BCUT2D eigenvalue weighted by atomic mass is 10.1. The van der Waals surface area contributed by atoms with Gasteiger partial charge in [0.15, 0.2) is 0 Å². The van der Waals surface area contributed by atoms with Gasteiger partial charge in [0.05, 0.1) is 29.2 Å². The van der Waals surface area contributed by atoms with E-state index in [1.54, 1.807) is 45.3 Å². The Kier molecular flexibility index (Phi) is 6.78. The smallest absolute Gasteiger partial charge is 0.412 e. The van der Waals surface area contributed by atoms with E-state index in [4.69, 9.17) is 13.9 Å². The van der Waals surface area contributed by atoms with Gasteiger partial charge in [-0.3, -0.25) is 5.32 Å². The van der Waals surface area contributed by atoms with Gasteiger partial charge in [-0.15, -0.1) is 11.3 Å². The number of fused-ring (bicyclic) bond motifs is 1. The summed E-state index contributed by atoms with van der Waals surface area (Å²) in [7, 11) is 1.27. The summed E-state index contributed by atoms with van der Waals surface area (Å²) in [5, 5.41) is 7.46. The first-order chi connectivity index (χ1) is 15.1. The molecule has 0 aliphatic heterocycles. The van der Waals surface area contributed by atoms with Crippen LogP contribution in [0.4, 0.5) is 16.5 Å². The fourth-order valence-electron chi connectivity index (χ4n) is 2.96. The summed E-state index contributed by atoms with van der Waals surface area (Å²) >= 11 is 1.40. The molecule has 10 nitrogen and oxygen atoms in total. The maximum atomic E-state index is 12.7. The third-order valence-corrected chi connectivity index (χ3v) is 5.01. The summed E-state index contributed by atoms with van der Waals surface area (Å²) in [6.45, 7) is 6.93. The number of amides is 1. The van der Waals surface area contributed by atoms with Crippen LogP contribution in [0.25, 0.3) is 10.9 Å². The molecule has 3 rings (SSSR count). The van der Waals surface area contributed by atoms with Gasteiger partial charge < -0.3 is 19.2 Å². The number of hydrogen-bond acceptors (Lipinski definition) is 10. The molecule has 170 valence electrons. The van der Waals surface area contributed by atoms with Gasteiger partial charge in [-0.05, 0) is 45.4 Å². The monoisotopic (exact) mass is 460 g/mol. The van der Waals surface area contributed by atoms with E-state index < -0.39 is 29.3 Å². The Morgan fingerprint density at radius 2 is 2.03 bits per heavy atom. The molecule has 0 saturated heterocycles. The molecule has 0 unspecified atom stereocenters. The Morgan fingerprint density at radius 1 is 1.28 bits per heavy atom. The number of nitrogens with zero attached hydrogens (tertiary/aromatic N) is 2. The second-order valence-electron chi connectivity index (χ2n) is 7.97. The molecule has 2 heterocycles. The Balaban J connectivity index is 1.88. The second kappa shape index (κ2) is 9.35. The number of ether oxygens (including phenoxy) is 2. The van der Waals surface area contributed by atoms with Gasteiger partial charge in [0.1, 0.15) is 11.6 Å². The summed E-state index contributed by atoms with van der Waals surface area (Å²) in [6.07, 6.45) is -0.407. The van der Waals surface area contributed by atoms with E-state index in [1.807, 2.05) is 5.38 Å². The first-order valence-corrected chi connectivity index (χ1v) is 10.7. The highest BCUT2D eigenvalue weighted by Crippen LogP contribution is 2.24. The summed E-state index contributed by atoms with van der Waals surface area (Å²) < 4.78 is 15.4. The van der Waals surface area contributed by atoms with Crippen LogP contribution in [-0.4, -0.2) is 40.8 Å². The molecule has 0 bridgehead atoms. The maximum absolute atomic E-state index is 12.7. The molecule has 2 aromatic heterocycles. The van der Waals surface area contributed by atoms with E-state index in [-0.39, 0.29) is 17.8 Å². The van der Waals surface area contributed by atoms with Crippen LogP contribution < -0.4 is 16.3 Å². The van der Waals surface area contributed by atoms with E-state index >= 15 is 0 Å². The lowest BCUT2D eigenvalue weighted by molar-refractivity contribution is -0.141. The van der Waals surface area contributed by atoms with Crippen molar-refractivity contribution in [3.05, 3.63) is 44.7 Å². The molecule has 0 aliphatic carbocycles. The first-order valence-electron chi connectivity index (χ1n) is 9.73. The SMILES string of the molecule is COC(=O)[C@H](Cc1cscn1)Nc1nc2ccc(NC(=O)OC(C)(C)C)c(C)c2c(=O)o1. The molecule has 3 aromatic rings. The maximum Gasteiger partial charge on any atom is 0.412 e. The Morgan fingerprint density at radius 3 is 2.66 bits per heavy atom. The molecule has 11 heteroatoms. The Hall–Kier alpha value is -3.47. The Labute approximate surface area is 188 Å². The molecule has 0 saturated carbocycles. The van der Waals surface area contributed by atoms with Crippen LogP contribution in [0.2, 0.25) is 0 Å². The zero-order chi connectivity index (χ0) is 23.5. The average molecular weight is 461 g/mol. The van der Waals surface area contributed by atoms with Crippen LogP contribution >= 0.6 is 11.3 Å². The number of hydrogen-bond donors (Lipinski definition) is 2. The highest BCUT2D eigenvalue weighted by Gasteiger charge is 2.23. The van der Waals surface area contributed by atoms with Gasteiger partial charge in [0.25, 0.3) is 6.01 Å². The van der Waals surface area contributed by atoms with Gasteiger partial charge in [-0.25, -0.2) is 19.4 Å². The number of carbonyl (C=O) groups excluding carboxylic acids is 2. The first kappa shape index (κ1) is 23.2. The fourth-order valence-corrected chi connectivity index (χ4v) is 3.53. The quantitative estimate of drug-likeness (QED) is 0.530. The number of carbonyl (C=O) groups is 2. The molecule has 32 heavy (non-hydrogen) atoms. The number of nitrogens with one attached hydrogen (secondary N) is 2. The molecule has 1 atom stereocenters. The fraction of sp³-hybridized carbons (Fsp3) is 0.381. The molecule has 0 fully saturated rings. The summed E-state index contributed by atoms with van der Waals surface area (Å²) in [4.78, 5) is 45.5. The van der Waals surface area contributed by atoms with Gasteiger partial charge in [-0.2, -0.15) is 4.98 Å². The molecule has 0 spiro atoms. The van der Waals surface area contributed by atoms with Crippen molar-refractivity contribution in [2.24, 2.45) is 0 Å². The van der Waals surface area contributed by atoms with Crippen molar-refractivity contribution in [2.75, 3.05) is 17.7 Å². The van der Waals surface area contributed by atoms with E-state index in [9.17, 15) is 14.4 Å². The number of aryl methyl sites for hydroxylation is 1. The molecule has 1 amide bonds. The highest BCUT2D eigenvalue weighted by atomic mass is 32.1. The number of rotatable bonds is 6. The molecular weight excluding hydrogens is 436 g/mol. The van der Waals surface area contributed by atoms with Gasteiger partial charge in [0, 0.05) is 17.5 Å². The minimum atomic E-state index is -0.843. The molecule has 1 aromatic carbocycles. The van der Waals surface area contributed by atoms with Crippen molar-refractivity contribution in [1.82, 2.24) is 9.97 Å². The zero-order valence-corrected chi connectivity index (χ0v) is 19.2. The van der Waals surface area contributed by atoms with Crippen molar-refractivity contribution in [1.29, 1.82) is 0 Å². The Bertz CT molecular complexity index is 1180. The van der Waals surface area contributed by atoms with Crippen LogP contribution in [0.15, 0.2) is 32.2 Å². The predicted octanol–water partition coefficient (Wildman–Crippen LogP) is 3.50. The number of aromatic nitrogens is 2. The van der Waals surface area contributed by atoms with Gasteiger partial charge >= 0.3 is 17.7 Å². The van der Waals surface area contributed by atoms with Gasteiger partial charge in [-0.1, -0.05) is 0 Å². The normalized spacial score (nSPS) is 12.3. The van der Waals surface area contributed by atoms with Crippen LogP contribution in [0.1, 0.15) is 32.0 Å². The number of methoxy groups -OCH3 is 1. The number of esters is 1. The van der Waals surface area contributed by atoms with E-state index in [0.29, 0.717) is 22.5 Å². The topological polar surface area (TPSA) is 133 Å². The third kappa shape index (κ3) is 5.61. The lowest BCUT2D eigenvalue weighted by Gasteiger charge is -2.20. The van der Waals surface area contributed by atoms with Crippen LogP contribution in [0.5, 0.6) is 0 Å². The van der Waals surface area contributed by atoms with Crippen LogP contribution in [0, 0.1) is 6.92 Å². The largest absolute Gasteiger partial charge is 0.467 e. The number of benzene rings is 1. The summed E-state index contributed by atoms with van der Waals surface area (Å²) in [5.74, 6) is -0.546. The van der Waals surface area contributed by atoms with E-state index in [1.165, 1.54) is 18.4 Å². The standard InChI is InChI=1S/C21H24N4O6S/c1-11-13(25-20(28)31-21(2,3)4)6-7-14-16(11)18(27)30-19(23-14)24-15(17(26)29-5)8-12-9-32-10-22-12/h6-7,9-10,15H,8H2,1-5H3,(H,23,24)(H,25,28)/t15-/m0/s1. The molecule has 0 aliphatic rings. The predicted molar refractivity (Wildman–Crippen MR) is 120 cm³/mol. The average Bonchev–Trinajstić information content (AvgIpc) is 3.20. The highest BCUT2D eigenvalue weighted by molar-refractivity contribution is 7.07. The number of anilines is 2. The van der Waals surface area contributed by atoms with Crippen LogP contribution in [-0.2, 0) is 20.7 Å². The van der Waals surface area contributed by atoms with Crippen molar-refractivity contribution < 1.29 is 23.5 Å². The summed E-state index contributed by atoms with van der Waals surface area (Å²) in [5.41, 5.74) is 2.24. The van der Waals surface area contributed by atoms with E-state index in [2.05, 4.69) is 20.6 Å². The zero-order valence-electron chi connectivity index (χ0n) is 18.3. The molecule has 0 radical (unpaired) electrons. The summed E-state index contributed by atoms with van der Waals surface area (Å²) in [6, 6.07) is 2.22. The van der Waals surface area contributed by atoms with E-state index in [0.717, 1.165) is 0 Å². The van der Waals surface area contributed by atoms with Crippen LogP contribution in [0.3, 0.4) is 0 Å². The second-order valence-corrected chi connectivity index (χ2v) is 8.69. The molecular formula is C21H24N4O6S. The van der Waals surface area contributed by atoms with Crippen molar-refractivity contribution in [3.8, 4) is 0 Å². The molecule has 2 N–H and O–H groups in total. The number of thiazole rings is 1. The third-order valence-electron chi connectivity index (χ3n) is 4.37.